The van der Waals surface area contributed by atoms with Crippen LogP contribution in [0.25, 0.3) is 49.7 Å². The van der Waals surface area contributed by atoms with Crippen LogP contribution in [0.2, 0.25) is 0 Å². The lowest BCUT2D eigenvalue weighted by atomic mass is 9.70. The number of rotatable bonds is 7. The van der Waals surface area contributed by atoms with Gasteiger partial charge in [0.2, 0.25) is 0 Å². The zero-order valence-electron chi connectivity index (χ0n) is 31.2. The molecule has 0 fully saturated rings. The third kappa shape index (κ3) is 4.71. The van der Waals surface area contributed by atoms with Crippen molar-refractivity contribution in [3.63, 3.8) is 0 Å². The van der Waals surface area contributed by atoms with E-state index >= 15 is 0 Å². The van der Waals surface area contributed by atoms with E-state index in [1.165, 1.54) is 71.9 Å². The molecule has 2 aliphatic carbocycles. The van der Waals surface area contributed by atoms with Crippen molar-refractivity contribution in [1.82, 2.24) is 4.57 Å². The molecule has 0 N–H and O–H groups in total. The van der Waals surface area contributed by atoms with E-state index in [1.54, 1.807) is 0 Å². The highest BCUT2D eigenvalue weighted by Gasteiger charge is 2.51. The van der Waals surface area contributed by atoms with Crippen LogP contribution in [0, 0.1) is 0 Å². The molecule has 1 aromatic heterocycles. The number of thiol groups is 1. The number of benzene rings is 8. The van der Waals surface area contributed by atoms with Gasteiger partial charge < -0.3 is 9.47 Å². The zero-order chi connectivity index (χ0) is 37.4. The van der Waals surface area contributed by atoms with Crippen LogP contribution < -0.4 is 4.90 Å². The molecule has 11 rings (SSSR count). The molecule has 1 unspecified atom stereocenters. The van der Waals surface area contributed by atoms with Gasteiger partial charge in [-0.05, 0) is 123 Å². The Morgan fingerprint density at radius 2 is 0.982 bits per heavy atom. The molecular weight excluding hydrogens is 697 g/mol. The first kappa shape index (κ1) is 33.1. The Balaban J connectivity index is 1.16. The van der Waals surface area contributed by atoms with E-state index in [-0.39, 0.29) is 5.25 Å². The van der Waals surface area contributed by atoms with Crippen LogP contribution in [0.3, 0.4) is 0 Å². The molecule has 0 saturated carbocycles. The van der Waals surface area contributed by atoms with E-state index in [0.29, 0.717) is 0 Å². The van der Waals surface area contributed by atoms with E-state index in [9.17, 15) is 0 Å². The first-order valence-electron chi connectivity index (χ1n) is 19.8. The third-order valence-electron chi connectivity index (χ3n) is 12.2. The minimum Gasteiger partial charge on any atom is -0.310 e. The molecule has 1 heterocycles. The molecule has 56 heavy (non-hydrogen) atoms. The predicted molar refractivity (Wildman–Crippen MR) is 238 cm³/mol. The Kier molecular flexibility index (Phi) is 7.62. The molecule has 1 atom stereocenters. The largest absolute Gasteiger partial charge is 0.310 e. The molecule has 2 nitrogen and oxygen atoms in total. The Labute approximate surface area is 333 Å². The van der Waals surface area contributed by atoms with Crippen molar-refractivity contribution in [3.8, 4) is 27.9 Å². The Morgan fingerprint density at radius 1 is 0.482 bits per heavy atom. The number of aromatic nitrogens is 1. The number of hydrogen-bond donors (Lipinski definition) is 1. The summed E-state index contributed by atoms with van der Waals surface area (Å²) in [5.74, 6) is 0. The lowest BCUT2D eigenvalue weighted by molar-refractivity contribution is 0.783. The van der Waals surface area contributed by atoms with Gasteiger partial charge in [-0.25, -0.2) is 0 Å². The maximum atomic E-state index is 5.05. The highest BCUT2D eigenvalue weighted by molar-refractivity contribution is 7.80. The molecule has 9 aromatic rings. The van der Waals surface area contributed by atoms with E-state index in [2.05, 4.69) is 204 Å². The number of anilines is 3. The van der Waals surface area contributed by atoms with Gasteiger partial charge in [-0.3, -0.25) is 0 Å². The summed E-state index contributed by atoms with van der Waals surface area (Å²) >= 11 is 5.05. The van der Waals surface area contributed by atoms with Gasteiger partial charge in [0.25, 0.3) is 0 Å². The molecule has 0 amide bonds. The van der Waals surface area contributed by atoms with Gasteiger partial charge in [0.1, 0.15) is 0 Å². The van der Waals surface area contributed by atoms with Gasteiger partial charge in [0, 0.05) is 38.8 Å². The Hall–Kier alpha value is -6.29. The Morgan fingerprint density at radius 3 is 1.61 bits per heavy atom. The first-order chi connectivity index (χ1) is 27.7. The van der Waals surface area contributed by atoms with Crippen LogP contribution >= 0.6 is 12.6 Å². The SMILES string of the molecule is CCCC(S)c1ccc2c(c1)c1cc(N(c3ccccc3)c3ccc4c(c3)C3(c5ccccc5-c5ccccc53)c3ccccc3-4)ccc1n2-c1ccccc1. The summed E-state index contributed by atoms with van der Waals surface area (Å²) in [7, 11) is 0. The van der Waals surface area contributed by atoms with Crippen LogP contribution in [0.4, 0.5) is 17.1 Å². The van der Waals surface area contributed by atoms with Gasteiger partial charge in [-0.15, -0.1) is 0 Å². The van der Waals surface area contributed by atoms with Crippen molar-refractivity contribution in [2.45, 2.75) is 30.4 Å². The topological polar surface area (TPSA) is 8.17 Å². The van der Waals surface area contributed by atoms with Gasteiger partial charge in [0.15, 0.2) is 0 Å². The van der Waals surface area contributed by atoms with Crippen molar-refractivity contribution in [1.29, 1.82) is 0 Å². The first-order valence-corrected chi connectivity index (χ1v) is 20.3. The molecule has 0 aliphatic heterocycles. The predicted octanol–water partition coefficient (Wildman–Crippen LogP) is 14.4. The maximum Gasteiger partial charge on any atom is 0.0726 e. The molecule has 0 radical (unpaired) electrons. The second-order valence-electron chi connectivity index (χ2n) is 15.2. The lowest BCUT2D eigenvalue weighted by Crippen LogP contribution is -2.26. The number of hydrogen-bond acceptors (Lipinski definition) is 2. The average Bonchev–Trinajstić information content (AvgIpc) is 3.86. The fraction of sp³-hybridized carbons (Fsp3) is 0.0943. The normalized spacial score (nSPS) is 13.8. The van der Waals surface area contributed by atoms with Gasteiger partial charge in [0.05, 0.1) is 16.4 Å². The van der Waals surface area contributed by atoms with Crippen molar-refractivity contribution in [3.05, 3.63) is 216 Å². The van der Waals surface area contributed by atoms with Crippen molar-refractivity contribution in [2.24, 2.45) is 0 Å². The second kappa shape index (κ2) is 12.9. The van der Waals surface area contributed by atoms with Crippen molar-refractivity contribution in [2.75, 3.05) is 4.90 Å². The molecular formula is C53H40N2S. The van der Waals surface area contributed by atoms with Gasteiger partial charge >= 0.3 is 0 Å². The lowest BCUT2D eigenvalue weighted by Gasteiger charge is -2.32. The fourth-order valence-electron chi connectivity index (χ4n) is 9.92. The summed E-state index contributed by atoms with van der Waals surface area (Å²) in [4.78, 5) is 2.44. The molecule has 1 spiro atoms. The van der Waals surface area contributed by atoms with Gasteiger partial charge in [-0.1, -0.05) is 135 Å². The van der Waals surface area contributed by atoms with Crippen LogP contribution in [-0.2, 0) is 5.41 Å². The fourth-order valence-corrected chi connectivity index (χ4v) is 10.3. The summed E-state index contributed by atoms with van der Waals surface area (Å²) in [6.07, 6.45) is 2.14. The minimum atomic E-state index is -0.414. The molecule has 3 heteroatoms. The third-order valence-corrected chi connectivity index (χ3v) is 12.8. The van der Waals surface area contributed by atoms with E-state index < -0.39 is 5.41 Å². The highest BCUT2D eigenvalue weighted by atomic mass is 32.1. The average molecular weight is 737 g/mol. The summed E-state index contributed by atoms with van der Waals surface area (Å²) < 4.78 is 2.41. The van der Waals surface area contributed by atoms with Crippen molar-refractivity contribution >= 4 is 51.5 Å². The maximum absolute atomic E-state index is 5.05. The smallest absolute Gasteiger partial charge is 0.0726 e. The number of nitrogens with zero attached hydrogens (tertiary/aromatic N) is 2. The van der Waals surface area contributed by atoms with Gasteiger partial charge in [-0.2, -0.15) is 12.6 Å². The Bertz CT molecular complexity index is 2900. The summed E-state index contributed by atoms with van der Waals surface area (Å²) in [5.41, 5.74) is 18.4. The molecule has 8 aromatic carbocycles. The summed E-state index contributed by atoms with van der Waals surface area (Å²) in [5, 5.41) is 2.66. The quantitative estimate of drug-likeness (QED) is 0.160. The van der Waals surface area contributed by atoms with Crippen molar-refractivity contribution < 1.29 is 0 Å². The van der Waals surface area contributed by atoms with E-state index in [1.807, 2.05) is 0 Å². The van der Waals surface area contributed by atoms with Crippen LogP contribution in [0.5, 0.6) is 0 Å². The van der Waals surface area contributed by atoms with Crippen LogP contribution in [0.15, 0.2) is 188 Å². The number of para-hydroxylation sites is 2. The summed E-state index contributed by atoms with van der Waals surface area (Å²) in [6.45, 7) is 2.23. The number of fused-ring (bicyclic) bond motifs is 13. The van der Waals surface area contributed by atoms with Crippen LogP contribution in [-0.4, -0.2) is 4.57 Å². The molecule has 2 aliphatic rings. The minimum absolute atomic E-state index is 0.192. The molecule has 0 bridgehead atoms. The molecule has 0 saturated heterocycles. The second-order valence-corrected chi connectivity index (χ2v) is 15.9. The van der Waals surface area contributed by atoms with E-state index in [0.717, 1.165) is 35.6 Å². The standard InChI is InChI=1S/C53H40N2S/c1-2-15-52(56)35-26-30-50-44(32-35)45-33-38(28-31-51(45)55(50)37-18-7-4-8-19-37)54(36-16-5-3-6-17-36)39-27-29-43-42-22-11-14-25-48(42)53(49(43)34-39)46-23-12-9-20-40(46)41-21-10-13-24-47(41)53/h3-14,16-34,52,56H,2,15H2,1H3. The van der Waals surface area contributed by atoms with E-state index in [4.69, 9.17) is 12.6 Å². The highest BCUT2D eigenvalue weighted by Crippen LogP contribution is 2.63. The van der Waals surface area contributed by atoms with Crippen LogP contribution in [0.1, 0.15) is 52.8 Å². The zero-order valence-corrected chi connectivity index (χ0v) is 32.1. The molecule has 268 valence electrons. The monoisotopic (exact) mass is 736 g/mol. The summed E-state index contributed by atoms with van der Waals surface area (Å²) in [6, 6.07) is 69.8.